The Morgan fingerprint density at radius 3 is 1.73 bits per heavy atom. The molecule has 9 heteroatoms. The van der Waals surface area contributed by atoms with E-state index in [1.165, 1.54) is 0 Å². The number of hydrogen-bond donors (Lipinski definition) is 0. The second kappa shape index (κ2) is 8.07. The van der Waals surface area contributed by atoms with Gasteiger partial charge < -0.3 is 24.8 Å². The molecule has 2 aromatic rings. The van der Waals surface area contributed by atoms with Gasteiger partial charge in [-0.15, -0.1) is 0 Å². The van der Waals surface area contributed by atoms with Gasteiger partial charge in [0.25, 0.3) is 0 Å². The Balaban J connectivity index is 0.00000169. The molecule has 0 heterocycles. The molecule has 3 rings (SSSR count). The fraction of sp³-hybridized carbons (Fsp3) is 0.176. The average molecular weight is 489 g/mol. The van der Waals surface area contributed by atoms with E-state index in [0.29, 0.717) is 5.57 Å². The molecule has 0 spiro atoms. The minimum absolute atomic E-state index is 0. The molecule has 0 aliphatic heterocycles. The van der Waals surface area contributed by atoms with Gasteiger partial charge in [0, 0.05) is 0 Å². The standard InChI is InChI=1S/C17H9F6.2ClH.Zr/c18-16(19,20)14-7-13(8-15(9-14)17(21,22)23)12-5-10-3-1-2-4-11(10)6-12;;;/h1-9H;2*1H;/q;;;+2/p-2. The summed E-state index contributed by atoms with van der Waals surface area (Å²) in [6, 6.07) is 8.99. The number of allylic oxidation sites excluding steroid dienone is 1. The van der Waals surface area contributed by atoms with Crippen molar-refractivity contribution in [2.24, 2.45) is 0 Å². The van der Waals surface area contributed by atoms with Crippen molar-refractivity contribution in [3.8, 4) is 0 Å². The molecule has 0 radical (unpaired) electrons. The van der Waals surface area contributed by atoms with E-state index in [0.717, 1.165) is 48.0 Å². The van der Waals surface area contributed by atoms with Gasteiger partial charge >= 0.3 is 149 Å². The zero-order chi connectivity index (χ0) is 17.7. The third kappa shape index (κ3) is 4.55. The summed E-state index contributed by atoms with van der Waals surface area (Å²) >= 11 is 1.01. The molecule has 0 saturated carbocycles. The summed E-state index contributed by atoms with van der Waals surface area (Å²) in [7, 11) is 0. The van der Waals surface area contributed by atoms with Gasteiger partial charge in [0.1, 0.15) is 0 Å². The van der Waals surface area contributed by atoms with E-state index in [9.17, 15) is 26.3 Å². The van der Waals surface area contributed by atoms with Gasteiger partial charge in [-0.05, 0) is 0 Å². The van der Waals surface area contributed by atoms with Crippen molar-refractivity contribution in [1.82, 2.24) is 0 Å². The van der Waals surface area contributed by atoms with Crippen molar-refractivity contribution in [3.05, 3.63) is 70.3 Å². The van der Waals surface area contributed by atoms with Crippen LogP contribution in [0.5, 0.6) is 0 Å². The maximum Gasteiger partial charge on any atom is -1.00 e. The van der Waals surface area contributed by atoms with Crippen molar-refractivity contribution in [2.75, 3.05) is 0 Å². The van der Waals surface area contributed by atoms with Crippen LogP contribution in [0.1, 0.15) is 31.4 Å². The molecule has 0 nitrogen and oxygen atoms in total. The van der Waals surface area contributed by atoms with Gasteiger partial charge in [-0.1, -0.05) is 0 Å². The molecule has 0 saturated heterocycles. The minimum Gasteiger partial charge on any atom is -1.00 e. The SMILES string of the molecule is FC(F)(F)c1cc(C2=Cc3ccccc3[CH]2[Zr+2])cc(C(F)(F)F)c1.[Cl-].[Cl-]. The van der Waals surface area contributed by atoms with E-state index in [4.69, 9.17) is 0 Å². The van der Waals surface area contributed by atoms with Crippen LogP contribution >= 0.6 is 0 Å². The van der Waals surface area contributed by atoms with Crippen molar-refractivity contribution in [3.63, 3.8) is 0 Å². The second-order valence-corrected chi connectivity index (χ2v) is 6.88. The van der Waals surface area contributed by atoms with E-state index in [1.807, 2.05) is 6.07 Å². The summed E-state index contributed by atoms with van der Waals surface area (Å²) in [5, 5.41) is 0. The molecule has 0 bridgehead atoms. The van der Waals surface area contributed by atoms with Crippen LogP contribution in [-0.2, 0) is 37.1 Å². The largest absolute Gasteiger partial charge is 1.00 e. The summed E-state index contributed by atoms with van der Waals surface area (Å²) in [5.74, 6) is 0. The van der Waals surface area contributed by atoms with Crippen LogP contribution in [0, 0.1) is 0 Å². The Kier molecular flexibility index (Phi) is 7.22. The predicted octanol–water partition coefficient (Wildman–Crippen LogP) is -0.126. The number of fused-ring (bicyclic) bond motifs is 1. The average Bonchev–Trinajstić information content (AvgIpc) is 2.83. The number of hydrogen-bond acceptors (Lipinski definition) is 0. The minimum atomic E-state index is -4.83. The van der Waals surface area contributed by atoms with Crippen LogP contribution in [0.3, 0.4) is 0 Å². The molecule has 26 heavy (non-hydrogen) atoms. The first kappa shape index (κ1) is 23.3. The van der Waals surface area contributed by atoms with E-state index in [1.54, 1.807) is 24.3 Å². The summed E-state index contributed by atoms with van der Waals surface area (Å²) in [5.41, 5.74) is -0.350. The van der Waals surface area contributed by atoms with Gasteiger partial charge in [-0.25, -0.2) is 0 Å². The smallest absolute Gasteiger partial charge is 1.00 e. The molecule has 1 atom stereocenters. The number of halogens is 8. The Morgan fingerprint density at radius 2 is 1.27 bits per heavy atom. The number of alkyl halides is 6. The van der Waals surface area contributed by atoms with Crippen molar-refractivity contribution >= 4 is 11.6 Å². The van der Waals surface area contributed by atoms with Crippen molar-refractivity contribution in [1.29, 1.82) is 0 Å². The molecule has 1 unspecified atom stereocenters. The molecule has 2 aromatic carbocycles. The van der Waals surface area contributed by atoms with Crippen LogP contribution in [0.15, 0.2) is 42.5 Å². The molecule has 0 fully saturated rings. The first-order valence-electron chi connectivity index (χ1n) is 6.89. The van der Waals surface area contributed by atoms with Gasteiger partial charge in [-0.3, -0.25) is 0 Å². The topological polar surface area (TPSA) is 0 Å². The summed E-state index contributed by atoms with van der Waals surface area (Å²) in [6.45, 7) is 0. The summed E-state index contributed by atoms with van der Waals surface area (Å²) < 4.78 is 77.8. The first-order valence-corrected chi connectivity index (χ1v) is 8.31. The normalized spacial score (nSPS) is 16.3. The molecule has 1 aliphatic carbocycles. The van der Waals surface area contributed by atoms with Gasteiger partial charge in [0.2, 0.25) is 0 Å². The van der Waals surface area contributed by atoms with Crippen molar-refractivity contribution in [2.45, 2.75) is 16.0 Å². The zero-order valence-corrected chi connectivity index (χ0v) is 16.7. The second-order valence-electron chi connectivity index (χ2n) is 5.46. The maximum atomic E-state index is 13.0. The van der Waals surface area contributed by atoms with Gasteiger partial charge in [0.05, 0.1) is 0 Å². The number of rotatable bonds is 1. The van der Waals surface area contributed by atoms with Gasteiger partial charge in [0.15, 0.2) is 0 Å². The molecule has 1 aliphatic rings. The molecule has 0 amide bonds. The Labute approximate surface area is 173 Å². The molecule has 0 aromatic heterocycles. The third-order valence-electron chi connectivity index (χ3n) is 3.85. The van der Waals surface area contributed by atoms with Crippen molar-refractivity contribution < 1.29 is 75.9 Å². The van der Waals surface area contributed by atoms with Crippen LogP contribution < -0.4 is 24.8 Å². The van der Waals surface area contributed by atoms with Crippen LogP contribution in [-0.4, -0.2) is 0 Å². The first-order chi connectivity index (χ1) is 11.1. The monoisotopic (exact) mass is 487 g/mol. The number of benzene rings is 2. The van der Waals surface area contributed by atoms with E-state index in [-0.39, 0.29) is 40.1 Å². The Morgan fingerprint density at radius 1 is 0.769 bits per heavy atom. The van der Waals surface area contributed by atoms with Crippen LogP contribution in [0.2, 0.25) is 0 Å². The Bertz CT molecular complexity index is 794. The van der Waals surface area contributed by atoms with Crippen LogP contribution in [0.4, 0.5) is 26.3 Å². The fourth-order valence-electron chi connectivity index (χ4n) is 2.70. The van der Waals surface area contributed by atoms with Crippen LogP contribution in [0.25, 0.3) is 11.6 Å². The molecular formula is C17H9Cl2F6Zr. The van der Waals surface area contributed by atoms with E-state index >= 15 is 0 Å². The quantitative estimate of drug-likeness (QED) is 0.491. The Hall–Kier alpha value is -0.777. The summed E-state index contributed by atoms with van der Waals surface area (Å²) in [4.78, 5) is 0. The molecule has 137 valence electrons. The maximum absolute atomic E-state index is 13.0. The predicted molar refractivity (Wildman–Crippen MR) is 73.5 cm³/mol. The van der Waals surface area contributed by atoms with E-state index < -0.39 is 23.5 Å². The third-order valence-corrected chi connectivity index (χ3v) is 5.38. The van der Waals surface area contributed by atoms with E-state index in [2.05, 4.69) is 0 Å². The summed E-state index contributed by atoms with van der Waals surface area (Å²) in [6.07, 6.45) is -8.00. The molecular weight excluding hydrogens is 480 g/mol. The fourth-order valence-corrected chi connectivity index (χ4v) is 3.96. The van der Waals surface area contributed by atoms with Gasteiger partial charge in [-0.2, -0.15) is 0 Å². The zero-order valence-electron chi connectivity index (χ0n) is 12.7. The molecule has 0 N–H and O–H groups in total.